The summed E-state index contributed by atoms with van der Waals surface area (Å²) in [5, 5.41) is 24.0. The Morgan fingerprint density at radius 2 is 1.84 bits per heavy atom. The fourth-order valence-electron chi connectivity index (χ4n) is 5.49. The number of aliphatic hydroxyl groups excluding tert-OH is 1. The third-order valence-electron chi connectivity index (χ3n) is 6.72. The summed E-state index contributed by atoms with van der Waals surface area (Å²) in [4.78, 5) is 4.21. The molecule has 2 aromatic carbocycles. The lowest BCUT2D eigenvalue weighted by Gasteiger charge is -2.41. The highest BCUT2D eigenvalue weighted by Gasteiger charge is 2.76. The number of methoxy groups -OCH3 is 1. The summed E-state index contributed by atoms with van der Waals surface area (Å²) in [6.45, 7) is 0.174. The third-order valence-corrected chi connectivity index (χ3v) is 7.25. The largest absolute Gasteiger partial charge is 0.495 e. The SMILES string of the molecule is COc1cncc2c1[C@]1(O)[C@H](O)[C@H](CN)[C@@H](c3ccccc3)[C@]1(c1ccc(Br)cc1)O2. The predicted octanol–water partition coefficient (Wildman–Crippen LogP) is 3.06. The van der Waals surface area contributed by atoms with Crippen LogP contribution in [0.2, 0.25) is 0 Å². The van der Waals surface area contributed by atoms with Crippen molar-refractivity contribution in [1.29, 1.82) is 0 Å². The van der Waals surface area contributed by atoms with Gasteiger partial charge in [0.2, 0.25) is 0 Å². The van der Waals surface area contributed by atoms with Gasteiger partial charge in [0.25, 0.3) is 0 Å². The van der Waals surface area contributed by atoms with E-state index in [0.717, 1.165) is 15.6 Å². The molecule has 7 heteroatoms. The summed E-state index contributed by atoms with van der Waals surface area (Å²) in [5.41, 5.74) is 5.13. The zero-order valence-electron chi connectivity index (χ0n) is 16.9. The van der Waals surface area contributed by atoms with Crippen LogP contribution in [0.1, 0.15) is 22.6 Å². The van der Waals surface area contributed by atoms with Crippen LogP contribution in [0.15, 0.2) is 71.5 Å². The van der Waals surface area contributed by atoms with E-state index < -0.39 is 29.1 Å². The molecule has 160 valence electrons. The molecule has 5 atom stereocenters. The number of nitrogens with zero attached hydrogens (tertiary/aromatic N) is 1. The summed E-state index contributed by atoms with van der Waals surface area (Å²) >= 11 is 3.48. The smallest absolute Gasteiger partial charge is 0.177 e. The van der Waals surface area contributed by atoms with Crippen LogP contribution in [0.3, 0.4) is 0 Å². The predicted molar refractivity (Wildman–Crippen MR) is 119 cm³/mol. The number of nitrogens with two attached hydrogens (primary N) is 1. The molecule has 5 rings (SSSR count). The van der Waals surface area contributed by atoms with Gasteiger partial charge < -0.3 is 25.4 Å². The van der Waals surface area contributed by atoms with Crippen LogP contribution in [0.4, 0.5) is 0 Å². The van der Waals surface area contributed by atoms with Gasteiger partial charge in [-0.15, -0.1) is 0 Å². The Hall–Kier alpha value is -2.45. The molecule has 0 radical (unpaired) electrons. The molecule has 1 aliphatic heterocycles. The molecule has 31 heavy (non-hydrogen) atoms. The Bertz CT molecular complexity index is 1110. The Labute approximate surface area is 188 Å². The van der Waals surface area contributed by atoms with Crippen LogP contribution in [-0.2, 0) is 11.2 Å². The number of pyridine rings is 1. The number of ether oxygens (including phenoxy) is 2. The highest BCUT2D eigenvalue weighted by Crippen LogP contribution is 2.69. The second-order valence-corrected chi connectivity index (χ2v) is 8.97. The average Bonchev–Trinajstić information content (AvgIpc) is 3.18. The standard InChI is InChI=1S/C24H23BrN2O4/c1-30-18-12-27-13-19-21(18)23(29)22(28)17(11-26)20(14-5-3-2-4-6-14)24(23,31-19)15-7-9-16(25)10-8-15/h2-10,12-13,17,20,22,28-29H,11,26H2,1H3/t17-,20-,22-,23+,24+/m1/s1. The number of hydrogen-bond acceptors (Lipinski definition) is 6. The van der Waals surface area contributed by atoms with E-state index in [1.807, 2.05) is 54.6 Å². The van der Waals surface area contributed by atoms with E-state index in [0.29, 0.717) is 17.1 Å². The number of hydrogen-bond donors (Lipinski definition) is 3. The van der Waals surface area contributed by atoms with Crippen LogP contribution in [0.5, 0.6) is 11.5 Å². The van der Waals surface area contributed by atoms with Gasteiger partial charge in [-0.3, -0.25) is 4.98 Å². The average molecular weight is 483 g/mol. The summed E-state index contributed by atoms with van der Waals surface area (Å²) in [7, 11) is 1.51. The zero-order chi connectivity index (χ0) is 21.8. The van der Waals surface area contributed by atoms with E-state index in [2.05, 4.69) is 20.9 Å². The highest BCUT2D eigenvalue weighted by molar-refractivity contribution is 9.10. The normalized spacial score (nSPS) is 31.1. The molecule has 0 spiro atoms. The maximum absolute atomic E-state index is 12.4. The Kier molecular flexibility index (Phi) is 4.82. The van der Waals surface area contributed by atoms with E-state index in [1.165, 1.54) is 13.3 Å². The van der Waals surface area contributed by atoms with Crippen LogP contribution in [0.25, 0.3) is 0 Å². The van der Waals surface area contributed by atoms with Gasteiger partial charge in [-0.2, -0.15) is 0 Å². The lowest BCUT2D eigenvalue weighted by atomic mass is 9.70. The molecular weight excluding hydrogens is 460 g/mol. The van der Waals surface area contributed by atoms with Crippen LogP contribution >= 0.6 is 15.9 Å². The van der Waals surface area contributed by atoms with Crippen LogP contribution < -0.4 is 15.2 Å². The first kappa shape index (κ1) is 20.5. The van der Waals surface area contributed by atoms with E-state index in [1.54, 1.807) is 6.20 Å². The molecule has 1 saturated carbocycles. The minimum Gasteiger partial charge on any atom is -0.495 e. The van der Waals surface area contributed by atoms with Gasteiger partial charge in [-0.05, 0) is 29.8 Å². The third kappa shape index (κ3) is 2.58. The quantitative estimate of drug-likeness (QED) is 0.528. The van der Waals surface area contributed by atoms with Gasteiger partial charge in [0, 0.05) is 16.3 Å². The summed E-state index contributed by atoms with van der Waals surface area (Å²) in [6.07, 6.45) is 1.89. The maximum atomic E-state index is 12.4. The van der Waals surface area contributed by atoms with Gasteiger partial charge in [0.1, 0.15) is 11.5 Å². The summed E-state index contributed by atoms with van der Waals surface area (Å²) in [5.74, 6) is -0.123. The Morgan fingerprint density at radius 3 is 2.48 bits per heavy atom. The van der Waals surface area contributed by atoms with Crippen molar-refractivity contribution in [3.63, 3.8) is 0 Å². The first-order valence-electron chi connectivity index (χ1n) is 10.1. The van der Waals surface area contributed by atoms with Crippen molar-refractivity contribution < 1.29 is 19.7 Å². The molecule has 2 aliphatic rings. The monoisotopic (exact) mass is 482 g/mol. The molecule has 0 amide bonds. The number of aliphatic hydroxyl groups is 2. The van der Waals surface area contributed by atoms with Gasteiger partial charge in [-0.1, -0.05) is 58.4 Å². The topological polar surface area (TPSA) is 97.8 Å². The van der Waals surface area contributed by atoms with Gasteiger partial charge in [0.05, 0.1) is 31.2 Å². The van der Waals surface area contributed by atoms with Gasteiger partial charge >= 0.3 is 0 Å². The van der Waals surface area contributed by atoms with E-state index >= 15 is 0 Å². The number of rotatable bonds is 4. The molecular formula is C24H23BrN2O4. The fraction of sp³-hybridized carbons (Fsp3) is 0.292. The zero-order valence-corrected chi connectivity index (χ0v) is 18.5. The number of benzene rings is 2. The first-order chi connectivity index (χ1) is 15.0. The molecule has 1 aromatic heterocycles. The molecule has 0 bridgehead atoms. The van der Waals surface area contributed by atoms with Gasteiger partial charge in [-0.25, -0.2) is 0 Å². The van der Waals surface area contributed by atoms with Crippen LogP contribution in [0, 0.1) is 5.92 Å². The Morgan fingerprint density at radius 1 is 1.13 bits per heavy atom. The molecule has 4 N–H and O–H groups in total. The first-order valence-corrected chi connectivity index (χ1v) is 10.9. The van der Waals surface area contributed by atoms with Crippen molar-refractivity contribution >= 4 is 15.9 Å². The second-order valence-electron chi connectivity index (χ2n) is 8.06. The molecule has 6 nitrogen and oxygen atoms in total. The molecule has 2 heterocycles. The summed E-state index contributed by atoms with van der Waals surface area (Å²) < 4.78 is 13.1. The molecule has 0 saturated heterocycles. The highest BCUT2D eigenvalue weighted by atomic mass is 79.9. The van der Waals surface area contributed by atoms with Crippen molar-refractivity contribution in [2.75, 3.05) is 13.7 Å². The number of halogens is 1. The fourth-order valence-corrected chi connectivity index (χ4v) is 5.76. The van der Waals surface area contributed by atoms with Crippen molar-refractivity contribution in [3.8, 4) is 11.5 Å². The lowest BCUT2D eigenvalue weighted by Crippen LogP contribution is -2.52. The van der Waals surface area contributed by atoms with E-state index in [9.17, 15) is 10.2 Å². The van der Waals surface area contributed by atoms with E-state index in [4.69, 9.17) is 15.2 Å². The molecule has 3 aromatic rings. The van der Waals surface area contributed by atoms with Crippen LogP contribution in [-0.4, -0.2) is 35.0 Å². The molecule has 1 fully saturated rings. The van der Waals surface area contributed by atoms with Crippen molar-refractivity contribution in [2.45, 2.75) is 23.2 Å². The van der Waals surface area contributed by atoms with Crippen molar-refractivity contribution in [1.82, 2.24) is 4.98 Å². The lowest BCUT2D eigenvalue weighted by molar-refractivity contribution is -0.152. The van der Waals surface area contributed by atoms with Crippen molar-refractivity contribution in [3.05, 3.63) is 88.2 Å². The van der Waals surface area contributed by atoms with Crippen molar-refractivity contribution in [2.24, 2.45) is 11.7 Å². The minimum atomic E-state index is -1.80. The number of fused-ring (bicyclic) bond motifs is 3. The minimum absolute atomic E-state index is 0.174. The molecule has 1 aliphatic carbocycles. The maximum Gasteiger partial charge on any atom is 0.177 e. The Balaban J connectivity index is 1.87. The second kappa shape index (κ2) is 7.31. The summed E-state index contributed by atoms with van der Waals surface area (Å²) in [6, 6.07) is 17.4. The van der Waals surface area contributed by atoms with E-state index in [-0.39, 0.29) is 6.54 Å². The number of aromatic nitrogens is 1. The van der Waals surface area contributed by atoms with Gasteiger partial charge in [0.15, 0.2) is 11.2 Å². The molecule has 0 unspecified atom stereocenters.